The van der Waals surface area contributed by atoms with Gasteiger partial charge >= 0.3 is 6.18 Å². The Labute approximate surface area is 149 Å². The molecule has 0 aliphatic heterocycles. The fraction of sp³-hybridized carbons (Fsp3) is 0.111. The van der Waals surface area contributed by atoms with Crippen LogP contribution in [0.1, 0.15) is 11.3 Å². The molecule has 8 heteroatoms. The third kappa shape index (κ3) is 2.96. The van der Waals surface area contributed by atoms with Crippen LogP contribution in [0.15, 0.2) is 48.5 Å². The minimum Gasteiger partial charge on any atom is -0.218 e. The third-order valence-electron chi connectivity index (χ3n) is 3.85. The van der Waals surface area contributed by atoms with Gasteiger partial charge in [-0.25, -0.2) is 14.1 Å². The molecule has 2 heterocycles. The zero-order valence-corrected chi connectivity index (χ0v) is 14.2. The molecule has 2 aromatic carbocycles. The summed E-state index contributed by atoms with van der Waals surface area (Å²) >= 11 is 1.25. The molecule has 0 unspecified atom stereocenters. The highest BCUT2D eigenvalue weighted by molar-refractivity contribution is 7.20. The van der Waals surface area contributed by atoms with Gasteiger partial charge in [0, 0.05) is 5.56 Å². The number of rotatable bonds is 2. The van der Waals surface area contributed by atoms with Crippen molar-refractivity contribution in [3.8, 4) is 16.4 Å². The summed E-state index contributed by atoms with van der Waals surface area (Å²) in [6, 6.07) is 11.8. The van der Waals surface area contributed by atoms with Gasteiger partial charge in [-0.15, -0.1) is 0 Å². The molecule has 0 fully saturated rings. The van der Waals surface area contributed by atoms with E-state index in [2.05, 4.69) is 10.1 Å². The Hall–Kier alpha value is -2.74. The maximum absolute atomic E-state index is 13.2. The second-order valence-corrected chi connectivity index (χ2v) is 6.81. The lowest BCUT2D eigenvalue weighted by molar-refractivity contribution is -0.141. The molecule has 0 amide bonds. The summed E-state index contributed by atoms with van der Waals surface area (Å²) in [6.45, 7) is 1.93. The Morgan fingerprint density at radius 2 is 1.73 bits per heavy atom. The van der Waals surface area contributed by atoms with Crippen molar-refractivity contribution < 1.29 is 17.6 Å². The zero-order chi connectivity index (χ0) is 18.5. The number of hydrogen-bond donors (Lipinski definition) is 0. The molecule has 0 aliphatic rings. The van der Waals surface area contributed by atoms with Crippen LogP contribution in [0.2, 0.25) is 0 Å². The average molecular weight is 377 g/mol. The number of aromatic nitrogens is 3. The van der Waals surface area contributed by atoms with Crippen LogP contribution in [0.5, 0.6) is 0 Å². The SMILES string of the molecule is Cc1ccc2nc(-n3nc(C(F)(F)F)cc3-c3ccc(F)cc3)sc2c1. The fourth-order valence-corrected chi connectivity index (χ4v) is 3.63. The van der Waals surface area contributed by atoms with Crippen molar-refractivity contribution in [1.29, 1.82) is 0 Å². The molecule has 0 saturated carbocycles. The number of benzene rings is 2. The predicted octanol–water partition coefficient (Wildman–Crippen LogP) is 5.62. The quantitative estimate of drug-likeness (QED) is 0.425. The second-order valence-electron chi connectivity index (χ2n) is 5.80. The largest absolute Gasteiger partial charge is 0.435 e. The molecule has 0 N–H and O–H groups in total. The molecule has 0 spiro atoms. The molecule has 4 aromatic rings. The minimum absolute atomic E-state index is 0.202. The Balaban J connectivity index is 1.93. The van der Waals surface area contributed by atoms with Gasteiger partial charge in [0.05, 0.1) is 15.9 Å². The summed E-state index contributed by atoms with van der Waals surface area (Å²) in [5.74, 6) is -0.466. The van der Waals surface area contributed by atoms with Gasteiger partial charge < -0.3 is 0 Å². The number of halogens is 4. The number of aryl methyl sites for hydroxylation is 1. The molecule has 132 valence electrons. The first kappa shape index (κ1) is 16.7. The third-order valence-corrected chi connectivity index (χ3v) is 4.85. The van der Waals surface area contributed by atoms with E-state index < -0.39 is 17.7 Å². The summed E-state index contributed by atoms with van der Waals surface area (Å²) in [7, 11) is 0. The van der Waals surface area contributed by atoms with E-state index in [1.54, 1.807) is 0 Å². The van der Waals surface area contributed by atoms with Gasteiger partial charge in [-0.3, -0.25) is 0 Å². The maximum Gasteiger partial charge on any atom is 0.435 e. The van der Waals surface area contributed by atoms with Crippen molar-refractivity contribution in [2.45, 2.75) is 13.1 Å². The van der Waals surface area contributed by atoms with E-state index in [1.807, 2.05) is 25.1 Å². The molecule has 0 saturated heterocycles. The summed E-state index contributed by atoms with van der Waals surface area (Å²) in [4.78, 5) is 4.40. The minimum atomic E-state index is -4.59. The van der Waals surface area contributed by atoms with Gasteiger partial charge in [0.1, 0.15) is 5.82 Å². The summed E-state index contributed by atoms with van der Waals surface area (Å²) in [5.41, 5.74) is 1.32. The van der Waals surface area contributed by atoms with Crippen molar-refractivity contribution in [1.82, 2.24) is 14.8 Å². The molecular weight excluding hydrogens is 366 g/mol. The summed E-state index contributed by atoms with van der Waals surface area (Å²) in [5, 5.41) is 4.03. The van der Waals surface area contributed by atoms with E-state index in [0.717, 1.165) is 21.0 Å². The normalized spacial score (nSPS) is 12.0. The lowest BCUT2D eigenvalue weighted by Gasteiger charge is -2.03. The van der Waals surface area contributed by atoms with Gasteiger partial charge in [-0.1, -0.05) is 17.4 Å². The summed E-state index contributed by atoms with van der Waals surface area (Å²) < 4.78 is 54.7. The molecule has 0 atom stereocenters. The lowest BCUT2D eigenvalue weighted by atomic mass is 10.1. The van der Waals surface area contributed by atoms with E-state index in [9.17, 15) is 17.6 Å². The fourth-order valence-electron chi connectivity index (χ4n) is 2.60. The molecule has 26 heavy (non-hydrogen) atoms. The first-order valence-corrected chi connectivity index (χ1v) is 8.44. The lowest BCUT2D eigenvalue weighted by Crippen LogP contribution is -2.07. The first-order valence-electron chi connectivity index (χ1n) is 7.62. The number of nitrogens with zero attached hydrogens (tertiary/aromatic N) is 3. The maximum atomic E-state index is 13.2. The number of thiazole rings is 1. The molecule has 0 radical (unpaired) electrons. The highest BCUT2D eigenvalue weighted by Gasteiger charge is 2.35. The Kier molecular flexibility index (Phi) is 3.80. The van der Waals surface area contributed by atoms with Gasteiger partial charge in [0.2, 0.25) is 5.13 Å². The highest BCUT2D eigenvalue weighted by atomic mass is 32.1. The van der Waals surface area contributed by atoms with E-state index in [0.29, 0.717) is 16.2 Å². The van der Waals surface area contributed by atoms with E-state index in [1.165, 1.54) is 35.6 Å². The van der Waals surface area contributed by atoms with Crippen LogP contribution < -0.4 is 0 Å². The number of hydrogen-bond acceptors (Lipinski definition) is 3. The van der Waals surface area contributed by atoms with E-state index >= 15 is 0 Å². The standard InChI is InChI=1S/C18H11F4N3S/c1-10-2-7-13-15(8-10)26-17(23-13)25-14(9-16(24-25)18(20,21)22)11-3-5-12(19)6-4-11/h2-9H,1H3. The zero-order valence-electron chi connectivity index (χ0n) is 13.4. The van der Waals surface area contributed by atoms with Gasteiger partial charge in [-0.2, -0.15) is 18.3 Å². The van der Waals surface area contributed by atoms with Crippen LogP contribution >= 0.6 is 11.3 Å². The van der Waals surface area contributed by atoms with Gasteiger partial charge in [0.15, 0.2) is 5.69 Å². The Morgan fingerprint density at radius 1 is 1.00 bits per heavy atom. The Morgan fingerprint density at radius 3 is 2.42 bits per heavy atom. The molecule has 4 rings (SSSR count). The van der Waals surface area contributed by atoms with E-state index in [4.69, 9.17) is 0 Å². The molecule has 0 aliphatic carbocycles. The molecule has 0 bridgehead atoms. The highest BCUT2D eigenvalue weighted by Crippen LogP contribution is 2.35. The van der Waals surface area contributed by atoms with Crippen molar-refractivity contribution in [2.75, 3.05) is 0 Å². The van der Waals surface area contributed by atoms with Crippen LogP contribution in [0, 0.1) is 12.7 Å². The number of fused-ring (bicyclic) bond motifs is 1. The van der Waals surface area contributed by atoms with E-state index in [-0.39, 0.29) is 5.69 Å². The first-order chi connectivity index (χ1) is 12.3. The molecule has 3 nitrogen and oxygen atoms in total. The molecule has 2 aromatic heterocycles. The summed E-state index contributed by atoms with van der Waals surface area (Å²) in [6.07, 6.45) is -4.59. The van der Waals surface area contributed by atoms with Crippen molar-refractivity contribution in [3.63, 3.8) is 0 Å². The van der Waals surface area contributed by atoms with Crippen molar-refractivity contribution >= 4 is 21.6 Å². The average Bonchev–Trinajstić information content (AvgIpc) is 3.18. The topological polar surface area (TPSA) is 30.7 Å². The smallest absolute Gasteiger partial charge is 0.218 e. The van der Waals surface area contributed by atoms with Crippen LogP contribution in [-0.4, -0.2) is 14.8 Å². The van der Waals surface area contributed by atoms with Gasteiger partial charge in [0.25, 0.3) is 0 Å². The van der Waals surface area contributed by atoms with Crippen molar-refractivity contribution in [3.05, 3.63) is 65.6 Å². The van der Waals surface area contributed by atoms with Crippen LogP contribution in [-0.2, 0) is 6.18 Å². The van der Waals surface area contributed by atoms with Crippen LogP contribution in [0.3, 0.4) is 0 Å². The van der Waals surface area contributed by atoms with Crippen LogP contribution in [0.25, 0.3) is 26.6 Å². The van der Waals surface area contributed by atoms with Crippen LogP contribution in [0.4, 0.5) is 17.6 Å². The van der Waals surface area contributed by atoms with Gasteiger partial charge in [-0.05, 0) is 55.0 Å². The predicted molar refractivity (Wildman–Crippen MR) is 91.9 cm³/mol. The monoisotopic (exact) mass is 377 g/mol. The molecular formula is C18H11F4N3S. The van der Waals surface area contributed by atoms with Crippen molar-refractivity contribution in [2.24, 2.45) is 0 Å². The number of alkyl halides is 3. The Bertz CT molecular complexity index is 1090. The second kappa shape index (κ2) is 5.91.